The summed E-state index contributed by atoms with van der Waals surface area (Å²) in [6.07, 6.45) is 3.13. The zero-order valence-corrected chi connectivity index (χ0v) is 13.5. The molecule has 6 nitrogen and oxygen atoms in total. The Morgan fingerprint density at radius 1 is 1.12 bits per heavy atom. The standard InChI is InChI=1S/C18H19N3O3/c1-13-15(10-12-23-13)18-21-20-17(24-18)8-7-16(22)19-11-9-14-5-3-2-4-6-14/h2-6,10,12H,7-9,11H2,1H3,(H,19,22). The summed E-state index contributed by atoms with van der Waals surface area (Å²) in [7, 11) is 0. The van der Waals surface area contributed by atoms with E-state index < -0.39 is 0 Å². The van der Waals surface area contributed by atoms with E-state index in [0.29, 0.717) is 31.2 Å². The maximum atomic E-state index is 11.9. The summed E-state index contributed by atoms with van der Waals surface area (Å²) < 4.78 is 10.8. The summed E-state index contributed by atoms with van der Waals surface area (Å²) in [5, 5.41) is 10.9. The van der Waals surface area contributed by atoms with Gasteiger partial charge in [0.2, 0.25) is 11.8 Å². The van der Waals surface area contributed by atoms with Crippen LogP contribution < -0.4 is 5.32 Å². The summed E-state index contributed by atoms with van der Waals surface area (Å²) >= 11 is 0. The smallest absolute Gasteiger partial charge is 0.251 e. The first-order valence-electron chi connectivity index (χ1n) is 7.90. The lowest BCUT2D eigenvalue weighted by Crippen LogP contribution is -2.25. The largest absolute Gasteiger partial charge is 0.469 e. The number of hydrogen-bond donors (Lipinski definition) is 1. The van der Waals surface area contributed by atoms with Crippen molar-refractivity contribution in [2.45, 2.75) is 26.2 Å². The Bertz CT molecular complexity index is 793. The highest BCUT2D eigenvalue weighted by Gasteiger charge is 2.13. The first-order chi connectivity index (χ1) is 11.7. The van der Waals surface area contributed by atoms with Gasteiger partial charge in [0.25, 0.3) is 5.89 Å². The van der Waals surface area contributed by atoms with Crippen molar-refractivity contribution < 1.29 is 13.6 Å². The highest BCUT2D eigenvalue weighted by Crippen LogP contribution is 2.22. The van der Waals surface area contributed by atoms with Crippen LogP contribution in [0.3, 0.4) is 0 Å². The Labute approximate surface area is 139 Å². The van der Waals surface area contributed by atoms with Crippen LogP contribution in [0.5, 0.6) is 0 Å². The van der Waals surface area contributed by atoms with Crippen LogP contribution in [0.25, 0.3) is 11.5 Å². The normalized spacial score (nSPS) is 10.7. The fourth-order valence-electron chi connectivity index (χ4n) is 2.37. The van der Waals surface area contributed by atoms with Gasteiger partial charge in [0.15, 0.2) is 0 Å². The lowest BCUT2D eigenvalue weighted by Gasteiger charge is -2.04. The second-order valence-electron chi connectivity index (χ2n) is 5.48. The fraction of sp³-hybridized carbons (Fsp3) is 0.278. The van der Waals surface area contributed by atoms with Crippen LogP contribution in [0.15, 0.2) is 51.5 Å². The molecule has 1 amide bonds. The molecule has 0 radical (unpaired) electrons. The van der Waals surface area contributed by atoms with Crippen molar-refractivity contribution in [1.29, 1.82) is 0 Å². The van der Waals surface area contributed by atoms with Crippen LogP contribution >= 0.6 is 0 Å². The van der Waals surface area contributed by atoms with Gasteiger partial charge in [0.05, 0.1) is 11.8 Å². The van der Waals surface area contributed by atoms with E-state index in [2.05, 4.69) is 15.5 Å². The number of nitrogens with zero attached hydrogens (tertiary/aromatic N) is 2. The van der Waals surface area contributed by atoms with Crippen LogP contribution in [-0.4, -0.2) is 22.6 Å². The Morgan fingerprint density at radius 3 is 2.71 bits per heavy atom. The van der Waals surface area contributed by atoms with Crippen LogP contribution in [0, 0.1) is 6.92 Å². The van der Waals surface area contributed by atoms with Gasteiger partial charge < -0.3 is 14.2 Å². The molecule has 24 heavy (non-hydrogen) atoms. The Balaban J connectivity index is 1.43. The molecule has 1 aromatic carbocycles. The van der Waals surface area contributed by atoms with Gasteiger partial charge in [-0.3, -0.25) is 4.79 Å². The predicted molar refractivity (Wildman–Crippen MR) is 88.2 cm³/mol. The molecule has 0 aliphatic carbocycles. The van der Waals surface area contributed by atoms with Crippen molar-refractivity contribution in [3.05, 3.63) is 59.9 Å². The molecule has 0 atom stereocenters. The van der Waals surface area contributed by atoms with E-state index in [4.69, 9.17) is 8.83 Å². The molecule has 2 heterocycles. The van der Waals surface area contributed by atoms with E-state index in [0.717, 1.165) is 17.7 Å². The molecule has 0 unspecified atom stereocenters. The Hall–Kier alpha value is -2.89. The van der Waals surface area contributed by atoms with Crippen LogP contribution in [0.1, 0.15) is 23.6 Å². The maximum absolute atomic E-state index is 11.9. The minimum absolute atomic E-state index is 0.0230. The van der Waals surface area contributed by atoms with E-state index in [1.807, 2.05) is 37.3 Å². The van der Waals surface area contributed by atoms with Gasteiger partial charge >= 0.3 is 0 Å². The van der Waals surface area contributed by atoms with Gasteiger partial charge in [-0.15, -0.1) is 10.2 Å². The summed E-state index contributed by atoms with van der Waals surface area (Å²) in [4.78, 5) is 11.9. The maximum Gasteiger partial charge on any atom is 0.251 e. The third-order valence-electron chi connectivity index (χ3n) is 3.70. The number of carbonyl (C=O) groups is 1. The van der Waals surface area contributed by atoms with Gasteiger partial charge in [0, 0.05) is 19.4 Å². The van der Waals surface area contributed by atoms with Gasteiger partial charge in [0.1, 0.15) is 5.76 Å². The summed E-state index contributed by atoms with van der Waals surface area (Å²) in [6, 6.07) is 11.8. The average Bonchev–Trinajstić information content (AvgIpc) is 3.22. The number of aromatic nitrogens is 2. The number of furan rings is 1. The first kappa shape index (κ1) is 16.0. The minimum Gasteiger partial charge on any atom is -0.469 e. The van der Waals surface area contributed by atoms with Gasteiger partial charge in [-0.05, 0) is 25.0 Å². The van der Waals surface area contributed by atoms with Crippen molar-refractivity contribution in [2.24, 2.45) is 0 Å². The molecular formula is C18H19N3O3. The van der Waals surface area contributed by atoms with E-state index in [-0.39, 0.29) is 5.91 Å². The molecule has 0 bridgehead atoms. The number of carbonyl (C=O) groups excluding carboxylic acids is 1. The molecule has 0 fully saturated rings. The van der Waals surface area contributed by atoms with Crippen molar-refractivity contribution >= 4 is 5.91 Å². The van der Waals surface area contributed by atoms with Crippen molar-refractivity contribution in [3.63, 3.8) is 0 Å². The molecule has 1 N–H and O–H groups in total. The molecule has 0 saturated carbocycles. The SMILES string of the molecule is Cc1occc1-c1nnc(CCC(=O)NCCc2ccccc2)o1. The zero-order valence-electron chi connectivity index (χ0n) is 13.5. The topological polar surface area (TPSA) is 81.2 Å². The third kappa shape index (κ3) is 4.10. The molecule has 2 aromatic heterocycles. The molecule has 3 aromatic rings. The highest BCUT2D eigenvalue weighted by molar-refractivity contribution is 5.76. The van der Waals surface area contributed by atoms with E-state index in [1.54, 1.807) is 12.3 Å². The third-order valence-corrected chi connectivity index (χ3v) is 3.70. The van der Waals surface area contributed by atoms with E-state index >= 15 is 0 Å². The Kier molecular flexibility index (Phi) is 5.05. The highest BCUT2D eigenvalue weighted by atomic mass is 16.4. The molecule has 0 aliphatic rings. The lowest BCUT2D eigenvalue weighted by molar-refractivity contribution is -0.121. The van der Waals surface area contributed by atoms with Crippen LogP contribution in [-0.2, 0) is 17.6 Å². The number of amides is 1. The van der Waals surface area contributed by atoms with Crippen molar-refractivity contribution in [3.8, 4) is 11.5 Å². The van der Waals surface area contributed by atoms with Crippen molar-refractivity contribution in [2.75, 3.05) is 6.54 Å². The summed E-state index contributed by atoms with van der Waals surface area (Å²) in [5.41, 5.74) is 1.98. The monoisotopic (exact) mass is 325 g/mol. The first-order valence-corrected chi connectivity index (χ1v) is 7.90. The second kappa shape index (κ2) is 7.59. The van der Waals surface area contributed by atoms with E-state index in [1.165, 1.54) is 5.56 Å². The van der Waals surface area contributed by atoms with Crippen LogP contribution in [0.2, 0.25) is 0 Å². The Morgan fingerprint density at radius 2 is 1.96 bits per heavy atom. The molecule has 3 rings (SSSR count). The molecular weight excluding hydrogens is 306 g/mol. The number of rotatable bonds is 7. The number of nitrogens with one attached hydrogen (secondary N) is 1. The van der Waals surface area contributed by atoms with Gasteiger partial charge in [-0.25, -0.2) is 0 Å². The summed E-state index contributed by atoms with van der Waals surface area (Å²) in [5.74, 6) is 1.57. The molecule has 6 heteroatoms. The molecule has 0 saturated heterocycles. The second-order valence-corrected chi connectivity index (χ2v) is 5.48. The summed E-state index contributed by atoms with van der Waals surface area (Å²) in [6.45, 7) is 2.45. The van der Waals surface area contributed by atoms with Crippen LogP contribution in [0.4, 0.5) is 0 Å². The molecule has 124 valence electrons. The van der Waals surface area contributed by atoms with Gasteiger partial charge in [-0.1, -0.05) is 30.3 Å². The van der Waals surface area contributed by atoms with E-state index in [9.17, 15) is 4.79 Å². The van der Waals surface area contributed by atoms with Gasteiger partial charge in [-0.2, -0.15) is 0 Å². The lowest BCUT2D eigenvalue weighted by atomic mass is 10.1. The number of aryl methyl sites for hydroxylation is 2. The number of hydrogen-bond acceptors (Lipinski definition) is 5. The average molecular weight is 325 g/mol. The van der Waals surface area contributed by atoms with Crippen molar-refractivity contribution in [1.82, 2.24) is 15.5 Å². The zero-order chi connectivity index (χ0) is 16.8. The molecule has 0 aliphatic heterocycles. The quantitative estimate of drug-likeness (QED) is 0.722. The number of benzene rings is 1. The molecule has 0 spiro atoms. The predicted octanol–water partition coefficient (Wildman–Crippen LogP) is 2.93. The fourth-order valence-corrected chi connectivity index (χ4v) is 2.37. The minimum atomic E-state index is -0.0230.